The van der Waals surface area contributed by atoms with Gasteiger partial charge in [0.1, 0.15) is 5.70 Å². The minimum absolute atomic E-state index is 0.00879. The fourth-order valence-electron chi connectivity index (χ4n) is 2.03. The summed E-state index contributed by atoms with van der Waals surface area (Å²) in [4.78, 5) is 23.1. The Hall–Kier alpha value is -2.87. The SMILES string of the molecule is COC(=O)/C=C(/Nc1ccc2c(cnn2CCO)c1)C(=O)OC. The monoisotopic (exact) mass is 319 g/mol. The minimum Gasteiger partial charge on any atom is -0.466 e. The number of nitrogens with one attached hydrogen (secondary N) is 1. The van der Waals surface area contributed by atoms with E-state index in [1.807, 2.05) is 0 Å². The molecule has 0 aliphatic carbocycles. The lowest BCUT2D eigenvalue weighted by Gasteiger charge is -2.09. The molecule has 0 bridgehead atoms. The molecule has 0 aliphatic rings. The Morgan fingerprint density at radius 3 is 2.78 bits per heavy atom. The maximum Gasteiger partial charge on any atom is 0.354 e. The van der Waals surface area contributed by atoms with Crippen molar-refractivity contribution >= 4 is 28.5 Å². The Bertz CT molecular complexity index is 751. The van der Waals surface area contributed by atoms with Crippen LogP contribution < -0.4 is 5.32 Å². The second-order valence-electron chi connectivity index (χ2n) is 4.56. The second kappa shape index (κ2) is 7.41. The van der Waals surface area contributed by atoms with Crippen molar-refractivity contribution in [3.05, 3.63) is 36.2 Å². The molecule has 0 saturated carbocycles. The summed E-state index contributed by atoms with van der Waals surface area (Å²) in [6.07, 6.45) is 2.67. The molecular formula is C15H17N3O5. The summed E-state index contributed by atoms with van der Waals surface area (Å²) in [6, 6.07) is 5.30. The first-order valence-corrected chi connectivity index (χ1v) is 6.80. The van der Waals surface area contributed by atoms with Crippen LogP contribution in [0.2, 0.25) is 0 Å². The van der Waals surface area contributed by atoms with Crippen LogP contribution in [0, 0.1) is 0 Å². The number of benzene rings is 1. The third-order valence-corrected chi connectivity index (χ3v) is 3.10. The van der Waals surface area contributed by atoms with Gasteiger partial charge >= 0.3 is 11.9 Å². The number of methoxy groups -OCH3 is 2. The van der Waals surface area contributed by atoms with Crippen LogP contribution in [0.15, 0.2) is 36.2 Å². The largest absolute Gasteiger partial charge is 0.466 e. The molecule has 1 aromatic carbocycles. The average Bonchev–Trinajstić information content (AvgIpc) is 2.96. The van der Waals surface area contributed by atoms with Crippen molar-refractivity contribution in [2.45, 2.75) is 6.54 Å². The molecule has 0 fully saturated rings. The fourth-order valence-corrected chi connectivity index (χ4v) is 2.03. The lowest BCUT2D eigenvalue weighted by atomic mass is 10.2. The molecule has 23 heavy (non-hydrogen) atoms. The van der Waals surface area contributed by atoms with Gasteiger partial charge in [0.25, 0.3) is 0 Å². The molecule has 0 aliphatic heterocycles. The van der Waals surface area contributed by atoms with Crippen LogP contribution in [0.25, 0.3) is 10.9 Å². The van der Waals surface area contributed by atoms with Crippen molar-refractivity contribution in [1.82, 2.24) is 9.78 Å². The maximum absolute atomic E-state index is 11.7. The van der Waals surface area contributed by atoms with Crippen LogP contribution in [0.4, 0.5) is 5.69 Å². The first-order valence-electron chi connectivity index (χ1n) is 6.80. The first-order chi connectivity index (χ1) is 11.1. The first kappa shape index (κ1) is 16.5. The van der Waals surface area contributed by atoms with Gasteiger partial charge in [0, 0.05) is 11.1 Å². The number of aliphatic hydroxyl groups is 1. The molecule has 1 aromatic heterocycles. The molecule has 2 aromatic rings. The van der Waals surface area contributed by atoms with Crippen LogP contribution in [-0.4, -0.2) is 47.7 Å². The zero-order chi connectivity index (χ0) is 16.8. The van der Waals surface area contributed by atoms with Crippen molar-refractivity contribution in [2.24, 2.45) is 0 Å². The molecule has 122 valence electrons. The van der Waals surface area contributed by atoms with Gasteiger partial charge in [0.2, 0.25) is 0 Å². The van der Waals surface area contributed by atoms with Gasteiger partial charge in [-0.3, -0.25) is 4.68 Å². The predicted molar refractivity (Wildman–Crippen MR) is 82.6 cm³/mol. The number of nitrogens with zero attached hydrogens (tertiary/aromatic N) is 2. The summed E-state index contributed by atoms with van der Waals surface area (Å²) in [6.45, 7) is 0.386. The molecule has 0 atom stereocenters. The Morgan fingerprint density at radius 1 is 1.35 bits per heavy atom. The number of hydrogen-bond donors (Lipinski definition) is 2. The number of ether oxygens (including phenoxy) is 2. The highest BCUT2D eigenvalue weighted by atomic mass is 16.5. The fraction of sp³-hybridized carbons (Fsp3) is 0.267. The lowest BCUT2D eigenvalue weighted by Crippen LogP contribution is -2.15. The summed E-state index contributed by atoms with van der Waals surface area (Å²) in [5.74, 6) is -1.36. The number of hydrogen-bond acceptors (Lipinski definition) is 7. The van der Waals surface area contributed by atoms with Crippen LogP contribution >= 0.6 is 0 Å². The van der Waals surface area contributed by atoms with E-state index in [2.05, 4.69) is 19.9 Å². The van der Waals surface area contributed by atoms with Gasteiger partial charge in [-0.05, 0) is 18.2 Å². The van der Waals surface area contributed by atoms with E-state index in [-0.39, 0.29) is 12.3 Å². The van der Waals surface area contributed by atoms with Crippen LogP contribution in [0.1, 0.15) is 0 Å². The number of esters is 2. The molecular weight excluding hydrogens is 302 g/mol. The number of anilines is 1. The normalized spacial score (nSPS) is 11.3. The van der Waals surface area contributed by atoms with E-state index in [0.717, 1.165) is 17.0 Å². The second-order valence-corrected chi connectivity index (χ2v) is 4.56. The van der Waals surface area contributed by atoms with Crippen molar-refractivity contribution in [3.8, 4) is 0 Å². The quantitative estimate of drug-likeness (QED) is 0.596. The lowest BCUT2D eigenvalue weighted by molar-refractivity contribution is -0.138. The van der Waals surface area contributed by atoms with Gasteiger partial charge in [-0.15, -0.1) is 0 Å². The summed E-state index contributed by atoms with van der Waals surface area (Å²) in [5.41, 5.74) is 1.39. The van der Waals surface area contributed by atoms with Crippen molar-refractivity contribution in [3.63, 3.8) is 0 Å². The summed E-state index contributed by atoms with van der Waals surface area (Å²) < 4.78 is 10.8. The van der Waals surface area contributed by atoms with Crippen LogP contribution in [0.5, 0.6) is 0 Å². The molecule has 0 saturated heterocycles. The van der Waals surface area contributed by atoms with Gasteiger partial charge < -0.3 is 19.9 Å². The zero-order valence-electron chi connectivity index (χ0n) is 12.8. The van der Waals surface area contributed by atoms with E-state index in [9.17, 15) is 9.59 Å². The average molecular weight is 319 g/mol. The number of fused-ring (bicyclic) bond motifs is 1. The van der Waals surface area contributed by atoms with Crippen molar-refractivity contribution < 1.29 is 24.2 Å². The number of carbonyl (C=O) groups is 2. The van der Waals surface area contributed by atoms with E-state index < -0.39 is 11.9 Å². The van der Waals surface area contributed by atoms with Crippen LogP contribution in [-0.2, 0) is 25.6 Å². The predicted octanol–water partition coefficient (Wildman–Crippen LogP) is 0.670. The highest BCUT2D eigenvalue weighted by molar-refractivity contribution is 5.99. The zero-order valence-corrected chi connectivity index (χ0v) is 12.8. The topological polar surface area (TPSA) is 103 Å². The molecule has 2 N–H and O–H groups in total. The van der Waals surface area contributed by atoms with Gasteiger partial charge in [0.15, 0.2) is 0 Å². The number of rotatable bonds is 6. The standard InChI is InChI=1S/C15H17N3O5/c1-22-14(20)8-12(15(21)23-2)17-11-3-4-13-10(7-11)9-16-18(13)5-6-19/h3-4,7-9,17,19H,5-6H2,1-2H3/b12-8+. The molecule has 1 heterocycles. The molecule has 0 radical (unpaired) electrons. The molecule has 8 heteroatoms. The number of aliphatic hydroxyl groups excluding tert-OH is 1. The Balaban J connectivity index is 2.29. The molecule has 2 rings (SSSR count). The smallest absolute Gasteiger partial charge is 0.354 e. The van der Waals surface area contributed by atoms with Gasteiger partial charge in [-0.25, -0.2) is 9.59 Å². The van der Waals surface area contributed by atoms with E-state index in [1.165, 1.54) is 14.2 Å². The Labute approximate surface area is 132 Å². The van der Waals surface area contributed by atoms with Gasteiger partial charge in [0.05, 0.1) is 45.2 Å². The van der Waals surface area contributed by atoms with Crippen molar-refractivity contribution in [2.75, 3.05) is 26.1 Å². The summed E-state index contributed by atoms with van der Waals surface area (Å²) in [7, 11) is 2.44. The van der Waals surface area contributed by atoms with Gasteiger partial charge in [-0.2, -0.15) is 5.10 Å². The maximum atomic E-state index is 11.7. The van der Waals surface area contributed by atoms with Gasteiger partial charge in [-0.1, -0.05) is 0 Å². The molecule has 0 spiro atoms. The number of carbonyl (C=O) groups excluding carboxylic acids is 2. The van der Waals surface area contributed by atoms with Crippen molar-refractivity contribution in [1.29, 1.82) is 0 Å². The molecule has 8 nitrogen and oxygen atoms in total. The van der Waals surface area contributed by atoms with E-state index in [4.69, 9.17) is 5.11 Å². The summed E-state index contributed by atoms with van der Waals surface area (Å²) >= 11 is 0. The van der Waals surface area contributed by atoms with E-state index >= 15 is 0 Å². The van der Waals surface area contributed by atoms with Crippen LogP contribution in [0.3, 0.4) is 0 Å². The minimum atomic E-state index is -0.688. The summed E-state index contributed by atoms with van der Waals surface area (Å²) in [5, 5.41) is 16.8. The number of aromatic nitrogens is 2. The molecule has 0 unspecified atom stereocenters. The highest BCUT2D eigenvalue weighted by Crippen LogP contribution is 2.20. The molecule has 0 amide bonds. The Morgan fingerprint density at radius 2 is 2.13 bits per heavy atom. The van der Waals surface area contributed by atoms with E-state index in [1.54, 1.807) is 29.1 Å². The Kier molecular flexibility index (Phi) is 5.32. The third kappa shape index (κ3) is 3.86. The highest BCUT2D eigenvalue weighted by Gasteiger charge is 2.13. The third-order valence-electron chi connectivity index (χ3n) is 3.10. The van der Waals surface area contributed by atoms with E-state index in [0.29, 0.717) is 12.2 Å².